The van der Waals surface area contributed by atoms with Crippen molar-refractivity contribution in [2.75, 3.05) is 24.4 Å². The highest BCUT2D eigenvalue weighted by Gasteiger charge is 2.12. The fourth-order valence-electron chi connectivity index (χ4n) is 2.64. The number of amides is 1. The molecule has 2 aromatic carbocycles. The van der Waals surface area contributed by atoms with E-state index in [9.17, 15) is 4.79 Å². The Hall–Kier alpha value is -3.41. The molecule has 0 radical (unpaired) electrons. The number of hydrogen-bond acceptors (Lipinski definition) is 5. The Morgan fingerprint density at radius 1 is 1.07 bits per heavy atom. The van der Waals surface area contributed by atoms with E-state index in [4.69, 9.17) is 13.9 Å². The first kappa shape index (κ1) is 18.4. The Balaban J connectivity index is 1.70. The number of hydrogen-bond donors (Lipinski definition) is 2. The van der Waals surface area contributed by atoms with Gasteiger partial charge in [-0.1, -0.05) is 18.2 Å². The van der Waals surface area contributed by atoms with Gasteiger partial charge in [0.05, 0.1) is 25.7 Å². The lowest BCUT2D eigenvalue weighted by atomic mass is 10.2. The fourth-order valence-corrected chi connectivity index (χ4v) is 2.64. The van der Waals surface area contributed by atoms with E-state index in [0.717, 1.165) is 17.0 Å². The molecule has 0 aliphatic rings. The minimum Gasteiger partial charge on any atom is -0.494 e. The Kier molecular flexibility index (Phi) is 5.99. The molecule has 0 fully saturated rings. The first-order valence-electron chi connectivity index (χ1n) is 8.68. The molecule has 27 heavy (non-hydrogen) atoms. The normalized spacial score (nSPS) is 10.3. The van der Waals surface area contributed by atoms with Crippen LogP contribution in [-0.4, -0.2) is 19.6 Å². The molecule has 0 aliphatic carbocycles. The summed E-state index contributed by atoms with van der Waals surface area (Å²) in [6.45, 7) is 3.19. The summed E-state index contributed by atoms with van der Waals surface area (Å²) in [6.07, 6.45) is 1.46. The molecule has 1 aromatic heterocycles. The van der Waals surface area contributed by atoms with Gasteiger partial charge in [-0.05, 0) is 37.3 Å². The van der Waals surface area contributed by atoms with Crippen LogP contribution in [0.3, 0.4) is 0 Å². The molecule has 6 heteroatoms. The van der Waals surface area contributed by atoms with E-state index in [1.807, 2.05) is 43.3 Å². The summed E-state index contributed by atoms with van der Waals surface area (Å²) in [5.41, 5.74) is 2.50. The molecule has 3 rings (SSSR count). The van der Waals surface area contributed by atoms with Crippen LogP contribution in [0.1, 0.15) is 23.0 Å². The van der Waals surface area contributed by atoms with E-state index < -0.39 is 0 Å². The van der Waals surface area contributed by atoms with Gasteiger partial charge < -0.3 is 24.5 Å². The number of benzene rings is 2. The maximum Gasteiger partial charge on any atom is 0.291 e. The number of anilines is 2. The van der Waals surface area contributed by atoms with Gasteiger partial charge in [-0.15, -0.1) is 0 Å². The molecular formula is C21H22N2O4. The van der Waals surface area contributed by atoms with Gasteiger partial charge in [-0.3, -0.25) is 4.79 Å². The van der Waals surface area contributed by atoms with Crippen LogP contribution in [0.15, 0.2) is 65.3 Å². The lowest BCUT2D eigenvalue weighted by Gasteiger charge is -2.14. The molecular weight excluding hydrogens is 344 g/mol. The van der Waals surface area contributed by atoms with Crippen molar-refractivity contribution in [3.63, 3.8) is 0 Å². The highest BCUT2D eigenvalue weighted by Crippen LogP contribution is 2.29. The van der Waals surface area contributed by atoms with Crippen LogP contribution in [-0.2, 0) is 6.54 Å². The third-order valence-corrected chi connectivity index (χ3v) is 3.95. The summed E-state index contributed by atoms with van der Waals surface area (Å²) in [5, 5.41) is 6.14. The van der Waals surface area contributed by atoms with E-state index in [0.29, 0.717) is 24.6 Å². The molecule has 1 heterocycles. The quantitative estimate of drug-likeness (QED) is 0.612. The number of nitrogens with one attached hydrogen (secondary N) is 2. The molecule has 0 aliphatic heterocycles. The van der Waals surface area contributed by atoms with Crippen molar-refractivity contribution < 1.29 is 18.7 Å². The van der Waals surface area contributed by atoms with Crippen LogP contribution < -0.4 is 20.1 Å². The first-order valence-corrected chi connectivity index (χ1v) is 8.68. The molecule has 0 bridgehead atoms. The summed E-state index contributed by atoms with van der Waals surface area (Å²) in [4.78, 5) is 12.1. The highest BCUT2D eigenvalue weighted by molar-refractivity contribution is 6.03. The third kappa shape index (κ3) is 4.61. The standard InChI is InChI=1S/C21H22N2O4/c1-3-26-18-8-5-4-7-15(18)14-22-16-10-11-17(20(13-16)25-2)23-21(24)19-9-6-12-27-19/h4-13,22H,3,14H2,1-2H3,(H,23,24). The van der Waals surface area contributed by atoms with Crippen molar-refractivity contribution in [3.8, 4) is 11.5 Å². The maximum atomic E-state index is 12.1. The predicted molar refractivity (Wildman–Crippen MR) is 105 cm³/mol. The molecule has 140 valence electrons. The SMILES string of the molecule is CCOc1ccccc1CNc1ccc(NC(=O)c2ccco2)c(OC)c1. The lowest BCUT2D eigenvalue weighted by Crippen LogP contribution is -2.12. The van der Waals surface area contributed by atoms with Crippen molar-refractivity contribution in [2.24, 2.45) is 0 Å². The second kappa shape index (κ2) is 8.80. The summed E-state index contributed by atoms with van der Waals surface area (Å²) < 4.78 is 16.2. The number of ether oxygens (including phenoxy) is 2. The highest BCUT2D eigenvalue weighted by atomic mass is 16.5. The molecule has 0 saturated carbocycles. The summed E-state index contributed by atoms with van der Waals surface area (Å²) in [5.74, 6) is 1.33. The Morgan fingerprint density at radius 2 is 1.93 bits per heavy atom. The van der Waals surface area contributed by atoms with E-state index in [-0.39, 0.29) is 11.7 Å². The van der Waals surface area contributed by atoms with Crippen LogP contribution in [0.5, 0.6) is 11.5 Å². The molecule has 2 N–H and O–H groups in total. The van der Waals surface area contributed by atoms with Crippen LogP contribution in [0.25, 0.3) is 0 Å². The zero-order chi connectivity index (χ0) is 19.1. The number of rotatable bonds is 8. The van der Waals surface area contributed by atoms with Gasteiger partial charge in [0.15, 0.2) is 5.76 Å². The number of methoxy groups -OCH3 is 1. The van der Waals surface area contributed by atoms with Gasteiger partial charge in [0.1, 0.15) is 11.5 Å². The third-order valence-electron chi connectivity index (χ3n) is 3.95. The molecule has 0 spiro atoms. The summed E-state index contributed by atoms with van der Waals surface area (Å²) in [7, 11) is 1.56. The Morgan fingerprint density at radius 3 is 2.67 bits per heavy atom. The zero-order valence-corrected chi connectivity index (χ0v) is 15.3. The van der Waals surface area contributed by atoms with Crippen molar-refractivity contribution in [1.82, 2.24) is 0 Å². The van der Waals surface area contributed by atoms with Crippen LogP contribution in [0.2, 0.25) is 0 Å². The van der Waals surface area contributed by atoms with Gasteiger partial charge in [-0.2, -0.15) is 0 Å². The van der Waals surface area contributed by atoms with Crippen molar-refractivity contribution in [3.05, 3.63) is 72.2 Å². The summed E-state index contributed by atoms with van der Waals surface area (Å²) >= 11 is 0. The molecule has 1 amide bonds. The zero-order valence-electron chi connectivity index (χ0n) is 15.3. The second-order valence-electron chi connectivity index (χ2n) is 5.74. The monoisotopic (exact) mass is 366 g/mol. The Bertz CT molecular complexity index is 891. The average Bonchev–Trinajstić information content (AvgIpc) is 3.23. The predicted octanol–water partition coefficient (Wildman–Crippen LogP) is 4.55. The maximum absolute atomic E-state index is 12.1. The first-order chi connectivity index (χ1) is 13.2. The van der Waals surface area contributed by atoms with E-state index >= 15 is 0 Å². The lowest BCUT2D eigenvalue weighted by molar-refractivity contribution is 0.0996. The minimum absolute atomic E-state index is 0.242. The molecule has 3 aromatic rings. The fraction of sp³-hybridized carbons (Fsp3) is 0.190. The van der Waals surface area contributed by atoms with E-state index in [1.54, 1.807) is 25.3 Å². The number of carbonyl (C=O) groups excluding carboxylic acids is 1. The smallest absolute Gasteiger partial charge is 0.291 e. The van der Waals surface area contributed by atoms with E-state index in [1.165, 1.54) is 6.26 Å². The van der Waals surface area contributed by atoms with Crippen molar-refractivity contribution >= 4 is 17.3 Å². The average molecular weight is 366 g/mol. The topological polar surface area (TPSA) is 72.7 Å². The molecule has 6 nitrogen and oxygen atoms in total. The van der Waals surface area contributed by atoms with Gasteiger partial charge in [0, 0.05) is 23.9 Å². The van der Waals surface area contributed by atoms with Gasteiger partial charge in [0.25, 0.3) is 5.91 Å². The minimum atomic E-state index is -0.329. The van der Waals surface area contributed by atoms with Gasteiger partial charge >= 0.3 is 0 Å². The van der Waals surface area contributed by atoms with Crippen LogP contribution in [0.4, 0.5) is 11.4 Å². The number of furan rings is 1. The van der Waals surface area contributed by atoms with Crippen LogP contribution in [0, 0.1) is 0 Å². The van der Waals surface area contributed by atoms with Crippen molar-refractivity contribution in [2.45, 2.75) is 13.5 Å². The molecule has 0 atom stereocenters. The van der Waals surface area contributed by atoms with Gasteiger partial charge in [-0.25, -0.2) is 0 Å². The van der Waals surface area contributed by atoms with Crippen molar-refractivity contribution in [1.29, 1.82) is 0 Å². The largest absolute Gasteiger partial charge is 0.494 e. The number of para-hydroxylation sites is 1. The van der Waals surface area contributed by atoms with Crippen LogP contribution >= 0.6 is 0 Å². The molecule has 0 unspecified atom stereocenters. The second-order valence-corrected chi connectivity index (χ2v) is 5.74. The number of carbonyl (C=O) groups is 1. The Labute approximate surface area is 158 Å². The summed E-state index contributed by atoms with van der Waals surface area (Å²) in [6, 6.07) is 16.7. The molecule has 0 saturated heterocycles. The van der Waals surface area contributed by atoms with Gasteiger partial charge in [0.2, 0.25) is 0 Å². The van der Waals surface area contributed by atoms with E-state index in [2.05, 4.69) is 10.6 Å².